The lowest BCUT2D eigenvalue weighted by Crippen LogP contribution is -2.47. The monoisotopic (exact) mass is 428 g/mol. The smallest absolute Gasteiger partial charge is 0.251 e. The summed E-state index contributed by atoms with van der Waals surface area (Å²) in [6.45, 7) is 3.74. The van der Waals surface area contributed by atoms with Gasteiger partial charge in [0.1, 0.15) is 11.0 Å². The van der Waals surface area contributed by atoms with Crippen LogP contribution in [-0.4, -0.2) is 28.1 Å². The van der Waals surface area contributed by atoms with Crippen LogP contribution >= 0.6 is 22.9 Å². The van der Waals surface area contributed by atoms with Gasteiger partial charge in [0.2, 0.25) is 11.0 Å². The van der Waals surface area contributed by atoms with Crippen LogP contribution in [-0.2, 0) is 11.2 Å². The number of amides is 2. The molecule has 0 aliphatic rings. The van der Waals surface area contributed by atoms with E-state index >= 15 is 0 Å². The summed E-state index contributed by atoms with van der Waals surface area (Å²) in [4.78, 5) is 25.2. The molecular weight excluding hydrogens is 408 g/mol. The van der Waals surface area contributed by atoms with Crippen LogP contribution in [0.5, 0.6) is 0 Å². The fraction of sp³-hybridized carbons (Fsp3) is 0.238. The van der Waals surface area contributed by atoms with Gasteiger partial charge >= 0.3 is 0 Å². The Morgan fingerprint density at radius 3 is 2.38 bits per heavy atom. The van der Waals surface area contributed by atoms with E-state index in [9.17, 15) is 9.59 Å². The third-order valence-corrected chi connectivity index (χ3v) is 5.33. The molecule has 0 radical (unpaired) electrons. The van der Waals surface area contributed by atoms with Crippen LogP contribution in [0.25, 0.3) is 0 Å². The minimum atomic E-state index is -0.709. The minimum Gasteiger partial charge on any atom is -0.340 e. The quantitative estimate of drug-likeness (QED) is 0.591. The van der Waals surface area contributed by atoms with Crippen molar-refractivity contribution in [2.45, 2.75) is 26.3 Å². The first kappa shape index (κ1) is 21.0. The molecule has 3 rings (SSSR count). The van der Waals surface area contributed by atoms with Crippen molar-refractivity contribution >= 4 is 39.9 Å². The molecular formula is C21H21ClN4O2S. The van der Waals surface area contributed by atoms with E-state index in [0.717, 1.165) is 10.6 Å². The molecule has 0 bridgehead atoms. The van der Waals surface area contributed by atoms with Crippen molar-refractivity contribution < 1.29 is 9.59 Å². The van der Waals surface area contributed by atoms with Gasteiger partial charge in [-0.25, -0.2) is 0 Å². The van der Waals surface area contributed by atoms with Gasteiger partial charge in [-0.3, -0.25) is 14.9 Å². The number of carbonyl (C=O) groups excluding carboxylic acids is 2. The van der Waals surface area contributed by atoms with E-state index in [0.29, 0.717) is 22.1 Å². The molecule has 0 saturated heterocycles. The maximum Gasteiger partial charge on any atom is 0.251 e. The average Bonchev–Trinajstić information content (AvgIpc) is 3.13. The van der Waals surface area contributed by atoms with Gasteiger partial charge < -0.3 is 5.32 Å². The first-order valence-electron chi connectivity index (χ1n) is 9.16. The van der Waals surface area contributed by atoms with Crippen molar-refractivity contribution in [2.75, 3.05) is 5.32 Å². The summed E-state index contributed by atoms with van der Waals surface area (Å²) in [6.07, 6.45) is 0.648. The average molecular weight is 429 g/mol. The van der Waals surface area contributed by atoms with Crippen molar-refractivity contribution in [3.63, 3.8) is 0 Å². The Kier molecular flexibility index (Phi) is 6.95. The Balaban J connectivity index is 1.64. The number of nitrogens with zero attached hydrogens (tertiary/aromatic N) is 2. The Bertz CT molecular complexity index is 974. The third-order valence-electron chi connectivity index (χ3n) is 4.24. The van der Waals surface area contributed by atoms with Crippen LogP contribution in [0.1, 0.15) is 34.8 Å². The number of halogens is 1. The van der Waals surface area contributed by atoms with E-state index < -0.39 is 6.04 Å². The first-order chi connectivity index (χ1) is 13.9. The molecule has 0 fully saturated rings. The number of hydrogen-bond acceptors (Lipinski definition) is 5. The third kappa shape index (κ3) is 5.85. The summed E-state index contributed by atoms with van der Waals surface area (Å²) in [5.41, 5.74) is 1.56. The predicted molar refractivity (Wildman–Crippen MR) is 115 cm³/mol. The summed E-state index contributed by atoms with van der Waals surface area (Å²) >= 11 is 7.18. The largest absolute Gasteiger partial charge is 0.340 e. The van der Waals surface area contributed by atoms with E-state index in [1.54, 1.807) is 24.3 Å². The summed E-state index contributed by atoms with van der Waals surface area (Å²) in [5, 5.41) is 15.5. The van der Waals surface area contributed by atoms with E-state index in [2.05, 4.69) is 20.8 Å². The highest BCUT2D eigenvalue weighted by Crippen LogP contribution is 2.19. The SMILES string of the molecule is CC(C)[C@H](NC(=O)c1ccc(Cl)cc1)C(=O)Nc1nnc(Cc2ccccc2)s1. The molecule has 0 unspecified atom stereocenters. The van der Waals surface area contributed by atoms with Crippen LogP contribution in [0.3, 0.4) is 0 Å². The van der Waals surface area contributed by atoms with Crippen LogP contribution in [0.4, 0.5) is 5.13 Å². The van der Waals surface area contributed by atoms with Gasteiger partial charge in [0, 0.05) is 17.0 Å². The molecule has 8 heteroatoms. The van der Waals surface area contributed by atoms with Crippen LogP contribution in [0.2, 0.25) is 5.02 Å². The lowest BCUT2D eigenvalue weighted by Gasteiger charge is -2.21. The van der Waals surface area contributed by atoms with E-state index in [1.807, 2.05) is 44.2 Å². The summed E-state index contributed by atoms with van der Waals surface area (Å²) in [5.74, 6) is -0.773. The summed E-state index contributed by atoms with van der Waals surface area (Å²) < 4.78 is 0. The standard InChI is InChI=1S/C21H21ClN4O2S/c1-13(2)18(23-19(27)15-8-10-16(22)11-9-15)20(28)24-21-26-25-17(29-21)12-14-6-4-3-5-7-14/h3-11,13,18H,12H2,1-2H3,(H,23,27)(H,24,26,28)/t18-/m0/s1. The van der Waals surface area contributed by atoms with Crippen molar-refractivity contribution in [2.24, 2.45) is 5.92 Å². The summed E-state index contributed by atoms with van der Waals surface area (Å²) in [6, 6.07) is 15.7. The van der Waals surface area contributed by atoms with Crippen molar-refractivity contribution in [3.8, 4) is 0 Å². The second-order valence-corrected chi connectivity index (χ2v) is 8.35. The van der Waals surface area contributed by atoms with Crippen molar-refractivity contribution in [3.05, 3.63) is 75.8 Å². The highest BCUT2D eigenvalue weighted by molar-refractivity contribution is 7.15. The Labute approximate surface area is 178 Å². The molecule has 150 valence electrons. The number of hydrogen-bond donors (Lipinski definition) is 2. The molecule has 0 aliphatic heterocycles. The highest BCUT2D eigenvalue weighted by atomic mass is 35.5. The number of nitrogens with one attached hydrogen (secondary N) is 2. The highest BCUT2D eigenvalue weighted by Gasteiger charge is 2.25. The molecule has 29 heavy (non-hydrogen) atoms. The van der Waals surface area contributed by atoms with E-state index in [1.165, 1.54) is 11.3 Å². The molecule has 2 aromatic carbocycles. The van der Waals surface area contributed by atoms with Gasteiger partial charge in [0.25, 0.3) is 5.91 Å². The number of benzene rings is 2. The predicted octanol–water partition coefficient (Wildman–Crippen LogP) is 4.18. The normalized spacial score (nSPS) is 11.9. The molecule has 2 N–H and O–H groups in total. The number of carbonyl (C=O) groups is 2. The Morgan fingerprint density at radius 2 is 1.72 bits per heavy atom. The zero-order valence-corrected chi connectivity index (χ0v) is 17.6. The van der Waals surface area contributed by atoms with Crippen LogP contribution in [0, 0.1) is 5.92 Å². The molecule has 1 heterocycles. The first-order valence-corrected chi connectivity index (χ1v) is 10.4. The van der Waals surface area contributed by atoms with Crippen molar-refractivity contribution in [1.29, 1.82) is 0 Å². The zero-order chi connectivity index (χ0) is 20.8. The van der Waals surface area contributed by atoms with E-state index in [4.69, 9.17) is 11.6 Å². The Morgan fingerprint density at radius 1 is 1.03 bits per heavy atom. The van der Waals surface area contributed by atoms with Gasteiger partial charge in [-0.2, -0.15) is 0 Å². The van der Waals surface area contributed by atoms with Crippen LogP contribution < -0.4 is 10.6 Å². The maximum absolute atomic E-state index is 12.7. The molecule has 0 saturated carbocycles. The lowest BCUT2D eigenvalue weighted by atomic mass is 10.0. The zero-order valence-electron chi connectivity index (χ0n) is 16.1. The van der Waals surface area contributed by atoms with Gasteiger partial charge in [-0.1, -0.05) is 67.1 Å². The molecule has 0 aliphatic carbocycles. The van der Waals surface area contributed by atoms with Crippen molar-refractivity contribution in [1.82, 2.24) is 15.5 Å². The Hall–Kier alpha value is -2.77. The van der Waals surface area contributed by atoms with Gasteiger partial charge in [0.15, 0.2) is 0 Å². The van der Waals surface area contributed by atoms with Crippen LogP contribution in [0.15, 0.2) is 54.6 Å². The van der Waals surface area contributed by atoms with Gasteiger partial charge in [-0.15, -0.1) is 10.2 Å². The second kappa shape index (κ2) is 9.62. The lowest BCUT2D eigenvalue weighted by molar-refractivity contribution is -0.118. The van der Waals surface area contributed by atoms with Gasteiger partial charge in [0.05, 0.1) is 0 Å². The van der Waals surface area contributed by atoms with E-state index in [-0.39, 0.29) is 17.7 Å². The minimum absolute atomic E-state index is 0.108. The fourth-order valence-corrected chi connectivity index (χ4v) is 3.59. The molecule has 1 aromatic heterocycles. The maximum atomic E-state index is 12.7. The fourth-order valence-electron chi connectivity index (χ4n) is 2.69. The molecule has 3 aromatic rings. The molecule has 2 amide bonds. The summed E-state index contributed by atoms with van der Waals surface area (Å²) in [7, 11) is 0. The molecule has 1 atom stereocenters. The topological polar surface area (TPSA) is 84.0 Å². The van der Waals surface area contributed by atoms with Gasteiger partial charge in [-0.05, 0) is 35.7 Å². The number of aromatic nitrogens is 2. The molecule has 0 spiro atoms. The molecule has 6 nitrogen and oxygen atoms in total. The number of rotatable bonds is 7. The second-order valence-electron chi connectivity index (χ2n) is 6.85. The number of anilines is 1.